The number of piperidine rings is 1. The average Bonchev–Trinajstić information content (AvgIpc) is 2.70. The highest BCUT2D eigenvalue weighted by atomic mass is 16.1. The number of nitrogens with two attached hydrogens (primary N) is 1. The Morgan fingerprint density at radius 3 is 2.17 bits per heavy atom. The summed E-state index contributed by atoms with van der Waals surface area (Å²) in [7, 11) is 2.14. The summed E-state index contributed by atoms with van der Waals surface area (Å²) in [5, 5.41) is 0. The molecule has 1 fully saturated rings. The largest absolute Gasteiger partial charge is 0.330 e. The summed E-state index contributed by atoms with van der Waals surface area (Å²) in [4.78, 5) is 24.9. The van der Waals surface area contributed by atoms with E-state index in [9.17, 15) is 9.59 Å². The molecule has 0 unspecified atom stereocenters. The molecule has 0 bridgehead atoms. The van der Waals surface area contributed by atoms with Gasteiger partial charge < -0.3 is 15.4 Å². The number of Topliss-reactive ketones (excluding diaryl/α,β-unsaturated/α-hetero) is 2. The van der Waals surface area contributed by atoms with Gasteiger partial charge in [0.15, 0.2) is 5.78 Å². The molecule has 29 heavy (non-hydrogen) atoms. The number of ketones is 2. The van der Waals surface area contributed by atoms with E-state index in [1.165, 1.54) is 18.4 Å². The Labute approximate surface area is 179 Å². The van der Waals surface area contributed by atoms with Crippen molar-refractivity contribution in [2.75, 3.05) is 26.7 Å². The maximum absolute atomic E-state index is 11.8. The summed E-state index contributed by atoms with van der Waals surface area (Å²) in [6.45, 7) is 13.1. The van der Waals surface area contributed by atoms with Crippen LogP contribution in [0.3, 0.4) is 0 Å². The number of rotatable bonds is 7. The van der Waals surface area contributed by atoms with Gasteiger partial charge in [0.1, 0.15) is 5.78 Å². The number of aryl methyl sites for hydroxylation is 1. The van der Waals surface area contributed by atoms with Gasteiger partial charge in [-0.2, -0.15) is 0 Å². The first kappa shape index (κ1) is 27.5. The summed E-state index contributed by atoms with van der Waals surface area (Å²) >= 11 is 0. The predicted octanol–water partition coefficient (Wildman–Crippen LogP) is 5.34. The fraction of sp³-hybridized carbons (Fsp3) is 0.680. The van der Waals surface area contributed by atoms with Crippen molar-refractivity contribution in [3.63, 3.8) is 0 Å². The Hall–Kier alpha value is -1.52. The Bertz CT molecular complexity index is 588. The molecule has 0 radical (unpaired) electrons. The quantitative estimate of drug-likeness (QED) is 0.623. The third-order valence-corrected chi connectivity index (χ3v) is 5.37. The zero-order valence-corrected chi connectivity index (χ0v) is 19.7. The van der Waals surface area contributed by atoms with Gasteiger partial charge in [-0.05, 0) is 90.2 Å². The van der Waals surface area contributed by atoms with Crippen molar-refractivity contribution in [2.45, 2.75) is 79.6 Å². The van der Waals surface area contributed by atoms with E-state index in [0.29, 0.717) is 18.1 Å². The van der Waals surface area contributed by atoms with Crippen LogP contribution in [0.2, 0.25) is 0 Å². The number of hydrogen-bond donors (Lipinski definition) is 1. The van der Waals surface area contributed by atoms with E-state index in [1.54, 1.807) is 6.92 Å². The second kappa shape index (κ2) is 16.3. The molecular formula is C25H44N2O2. The molecule has 0 amide bonds. The van der Waals surface area contributed by atoms with Gasteiger partial charge in [-0.15, -0.1) is 0 Å². The minimum atomic E-state index is 0.285. The van der Waals surface area contributed by atoms with Gasteiger partial charge in [-0.3, -0.25) is 4.79 Å². The third-order valence-electron chi connectivity index (χ3n) is 5.37. The van der Waals surface area contributed by atoms with Crippen molar-refractivity contribution in [3.8, 4) is 0 Å². The lowest BCUT2D eigenvalue weighted by Gasteiger charge is -2.28. The van der Waals surface area contributed by atoms with Crippen molar-refractivity contribution < 1.29 is 9.59 Å². The lowest BCUT2D eigenvalue weighted by molar-refractivity contribution is -0.118. The van der Waals surface area contributed by atoms with E-state index in [4.69, 9.17) is 5.73 Å². The minimum absolute atomic E-state index is 0.285. The first-order valence-electron chi connectivity index (χ1n) is 11.2. The van der Waals surface area contributed by atoms with E-state index < -0.39 is 0 Å². The van der Waals surface area contributed by atoms with Gasteiger partial charge in [0.25, 0.3) is 0 Å². The van der Waals surface area contributed by atoms with Gasteiger partial charge >= 0.3 is 0 Å². The normalized spacial score (nSPS) is 14.3. The van der Waals surface area contributed by atoms with Crippen LogP contribution in [0, 0.1) is 19.8 Å². The Balaban J connectivity index is 0.000000466. The van der Waals surface area contributed by atoms with Crippen LogP contribution in [0.1, 0.15) is 87.2 Å². The molecular weight excluding hydrogens is 360 g/mol. The van der Waals surface area contributed by atoms with Gasteiger partial charge in [0.05, 0.1) is 0 Å². The molecule has 2 rings (SSSR count). The second-order valence-corrected chi connectivity index (χ2v) is 8.22. The predicted molar refractivity (Wildman–Crippen MR) is 125 cm³/mol. The fourth-order valence-corrected chi connectivity index (χ4v) is 3.20. The summed E-state index contributed by atoms with van der Waals surface area (Å²) in [6, 6.07) is 5.94. The van der Waals surface area contributed by atoms with Crippen LogP contribution in [0.15, 0.2) is 18.2 Å². The molecule has 0 aliphatic carbocycles. The highest BCUT2D eigenvalue weighted by Gasteiger charge is 2.17. The average molecular weight is 405 g/mol. The highest BCUT2D eigenvalue weighted by molar-refractivity contribution is 5.97. The monoisotopic (exact) mass is 404 g/mol. The first-order valence-corrected chi connectivity index (χ1v) is 11.2. The van der Waals surface area contributed by atoms with E-state index in [0.717, 1.165) is 56.4 Å². The van der Waals surface area contributed by atoms with Crippen LogP contribution in [0.25, 0.3) is 0 Å². The van der Waals surface area contributed by atoms with Gasteiger partial charge in [0, 0.05) is 18.4 Å². The summed E-state index contributed by atoms with van der Waals surface area (Å²) < 4.78 is 0. The molecule has 4 nitrogen and oxygen atoms in total. The number of benzene rings is 1. The zero-order valence-electron chi connectivity index (χ0n) is 19.7. The fourth-order valence-electron chi connectivity index (χ4n) is 3.20. The summed E-state index contributed by atoms with van der Waals surface area (Å²) in [6.07, 6.45) is 7.06. The van der Waals surface area contributed by atoms with Crippen LogP contribution in [0.4, 0.5) is 0 Å². The smallest absolute Gasteiger partial charge is 0.163 e. The maximum atomic E-state index is 11.8. The van der Waals surface area contributed by atoms with Crippen LogP contribution < -0.4 is 5.73 Å². The van der Waals surface area contributed by atoms with Crippen molar-refractivity contribution in [1.29, 1.82) is 0 Å². The molecule has 2 N–H and O–H groups in total. The lowest BCUT2D eigenvalue weighted by Crippen LogP contribution is -2.30. The molecule has 1 aliphatic rings. The van der Waals surface area contributed by atoms with E-state index in [-0.39, 0.29) is 5.78 Å². The van der Waals surface area contributed by atoms with Crippen molar-refractivity contribution >= 4 is 11.6 Å². The molecule has 0 aromatic heterocycles. The minimum Gasteiger partial charge on any atom is -0.330 e. The molecule has 1 saturated heterocycles. The molecule has 4 heteroatoms. The molecule has 1 heterocycles. The van der Waals surface area contributed by atoms with Crippen LogP contribution in [0.5, 0.6) is 0 Å². The third kappa shape index (κ3) is 12.6. The number of carbonyl (C=O) groups is 2. The van der Waals surface area contributed by atoms with Gasteiger partial charge in [0.2, 0.25) is 0 Å². The number of hydrogen-bond acceptors (Lipinski definition) is 4. The number of likely N-dealkylation sites (tertiary alicyclic amines) is 1. The van der Waals surface area contributed by atoms with Crippen LogP contribution in [-0.2, 0) is 4.79 Å². The molecule has 1 aromatic carbocycles. The summed E-state index contributed by atoms with van der Waals surface area (Å²) in [5.41, 5.74) is 8.26. The van der Waals surface area contributed by atoms with E-state index in [1.807, 2.05) is 32.0 Å². The maximum Gasteiger partial charge on any atom is 0.163 e. The second-order valence-electron chi connectivity index (χ2n) is 8.22. The highest BCUT2D eigenvalue weighted by Crippen LogP contribution is 2.19. The lowest BCUT2D eigenvalue weighted by atomic mass is 9.92. The topological polar surface area (TPSA) is 63.4 Å². The molecule has 166 valence electrons. The first-order chi connectivity index (χ1) is 13.8. The number of carbonyl (C=O) groups excluding carboxylic acids is 2. The zero-order chi connectivity index (χ0) is 22.2. The molecule has 0 atom stereocenters. The van der Waals surface area contributed by atoms with E-state index in [2.05, 4.69) is 25.8 Å². The summed E-state index contributed by atoms with van der Waals surface area (Å²) in [5.74, 6) is 1.30. The molecule has 0 saturated carbocycles. The standard InChI is InChI=1S/C13H18O.C9H17NO.C3H9N/c1-4-5-9-13(14)12-8-6-7-10(2)11(12)3;1-8(11)7-9-3-5-10(2)6-4-9;1-2-3-4/h6-8H,4-5,9H2,1-3H3;9H,3-7H2,1-2H3;2-4H2,1H3. The van der Waals surface area contributed by atoms with Crippen LogP contribution >= 0.6 is 0 Å². The molecule has 1 aromatic rings. The van der Waals surface area contributed by atoms with Crippen molar-refractivity contribution in [1.82, 2.24) is 4.90 Å². The van der Waals surface area contributed by atoms with Gasteiger partial charge in [-0.25, -0.2) is 0 Å². The Kier molecular flexibility index (Phi) is 15.4. The van der Waals surface area contributed by atoms with Crippen molar-refractivity contribution in [3.05, 3.63) is 34.9 Å². The Morgan fingerprint density at radius 2 is 1.69 bits per heavy atom. The SMILES string of the molecule is CC(=O)CC1CCN(C)CC1.CCCCC(=O)c1cccc(C)c1C.CCCN. The van der Waals surface area contributed by atoms with Gasteiger partial charge in [-0.1, -0.05) is 38.5 Å². The Morgan fingerprint density at radius 1 is 1.10 bits per heavy atom. The number of nitrogens with zero attached hydrogens (tertiary/aromatic N) is 1. The van der Waals surface area contributed by atoms with Crippen LogP contribution in [-0.4, -0.2) is 43.1 Å². The molecule has 0 spiro atoms. The number of unbranched alkanes of at least 4 members (excludes halogenated alkanes) is 1. The molecule has 1 aliphatic heterocycles. The van der Waals surface area contributed by atoms with Crippen molar-refractivity contribution in [2.24, 2.45) is 11.7 Å². The van der Waals surface area contributed by atoms with E-state index >= 15 is 0 Å².